The van der Waals surface area contributed by atoms with Crippen LogP contribution < -0.4 is 11.3 Å². The minimum atomic E-state index is 0.183. The van der Waals surface area contributed by atoms with E-state index in [4.69, 9.17) is 5.84 Å². The van der Waals surface area contributed by atoms with E-state index in [9.17, 15) is 0 Å². The van der Waals surface area contributed by atoms with Gasteiger partial charge in [0.15, 0.2) is 0 Å². The Morgan fingerprint density at radius 3 is 2.65 bits per heavy atom. The highest BCUT2D eigenvalue weighted by Gasteiger charge is 2.12. The molecule has 0 aliphatic heterocycles. The Hall–Kier alpha value is -1.23. The number of hydrazine groups is 1. The van der Waals surface area contributed by atoms with E-state index in [1.54, 1.807) is 0 Å². The van der Waals surface area contributed by atoms with Crippen LogP contribution in [0.4, 0.5) is 0 Å². The molecule has 4 heteroatoms. The SMILES string of the molecule is CCc1ccc(C(Cc2ccncc2)NN)s1. The molecule has 0 aliphatic carbocycles. The van der Waals surface area contributed by atoms with Crippen molar-refractivity contribution in [2.45, 2.75) is 25.8 Å². The second-order valence-electron chi connectivity index (χ2n) is 3.94. The summed E-state index contributed by atoms with van der Waals surface area (Å²) in [6.07, 6.45) is 5.60. The zero-order valence-corrected chi connectivity index (χ0v) is 10.7. The van der Waals surface area contributed by atoms with Crippen molar-refractivity contribution in [3.63, 3.8) is 0 Å². The second kappa shape index (κ2) is 5.91. The number of nitrogens with two attached hydrogens (primary N) is 1. The molecule has 0 saturated heterocycles. The average molecular weight is 247 g/mol. The molecule has 2 aromatic rings. The van der Waals surface area contributed by atoms with Gasteiger partial charge in [0, 0.05) is 22.1 Å². The summed E-state index contributed by atoms with van der Waals surface area (Å²) < 4.78 is 0. The molecule has 90 valence electrons. The van der Waals surface area contributed by atoms with Gasteiger partial charge in [0.25, 0.3) is 0 Å². The van der Waals surface area contributed by atoms with Crippen LogP contribution in [0.1, 0.15) is 28.3 Å². The van der Waals surface area contributed by atoms with Crippen LogP contribution in [0.15, 0.2) is 36.7 Å². The molecule has 0 aliphatic rings. The fourth-order valence-electron chi connectivity index (χ4n) is 1.77. The standard InChI is InChI=1S/C13H17N3S/c1-2-11-3-4-13(17-11)12(16-14)9-10-5-7-15-8-6-10/h3-8,12,16H,2,9,14H2,1H3. The van der Waals surface area contributed by atoms with E-state index in [0.717, 1.165) is 12.8 Å². The van der Waals surface area contributed by atoms with E-state index in [2.05, 4.69) is 29.5 Å². The lowest BCUT2D eigenvalue weighted by Crippen LogP contribution is -2.28. The quantitative estimate of drug-likeness (QED) is 0.630. The van der Waals surface area contributed by atoms with Crippen LogP contribution >= 0.6 is 11.3 Å². The zero-order valence-electron chi connectivity index (χ0n) is 9.89. The van der Waals surface area contributed by atoms with Crippen LogP contribution in [0.5, 0.6) is 0 Å². The van der Waals surface area contributed by atoms with Crippen molar-refractivity contribution in [1.29, 1.82) is 0 Å². The Morgan fingerprint density at radius 1 is 1.29 bits per heavy atom. The number of rotatable bonds is 5. The van der Waals surface area contributed by atoms with Gasteiger partial charge in [0.2, 0.25) is 0 Å². The van der Waals surface area contributed by atoms with Crippen molar-refractivity contribution in [3.8, 4) is 0 Å². The number of aryl methyl sites for hydroxylation is 1. The van der Waals surface area contributed by atoms with Crippen molar-refractivity contribution in [2.75, 3.05) is 0 Å². The Labute approximate surface area is 106 Å². The van der Waals surface area contributed by atoms with E-state index in [1.807, 2.05) is 35.9 Å². The van der Waals surface area contributed by atoms with Gasteiger partial charge in [-0.2, -0.15) is 0 Å². The van der Waals surface area contributed by atoms with Crippen molar-refractivity contribution in [3.05, 3.63) is 52.0 Å². The normalized spacial score (nSPS) is 12.6. The molecule has 2 aromatic heterocycles. The van der Waals surface area contributed by atoms with Crippen LogP contribution in [0, 0.1) is 0 Å². The van der Waals surface area contributed by atoms with Crippen LogP contribution in [0.2, 0.25) is 0 Å². The van der Waals surface area contributed by atoms with Gasteiger partial charge in [-0.25, -0.2) is 0 Å². The Morgan fingerprint density at radius 2 is 2.06 bits per heavy atom. The monoisotopic (exact) mass is 247 g/mol. The predicted molar refractivity (Wildman–Crippen MR) is 71.7 cm³/mol. The van der Waals surface area contributed by atoms with E-state index in [0.29, 0.717) is 0 Å². The van der Waals surface area contributed by atoms with Crippen molar-refractivity contribution >= 4 is 11.3 Å². The lowest BCUT2D eigenvalue weighted by Gasteiger charge is -2.13. The maximum absolute atomic E-state index is 5.64. The van der Waals surface area contributed by atoms with Crippen molar-refractivity contribution in [1.82, 2.24) is 10.4 Å². The van der Waals surface area contributed by atoms with Gasteiger partial charge < -0.3 is 0 Å². The predicted octanol–water partition coefficient (Wildman–Crippen LogP) is 2.45. The highest BCUT2D eigenvalue weighted by Crippen LogP contribution is 2.25. The Balaban J connectivity index is 2.11. The van der Waals surface area contributed by atoms with E-state index < -0.39 is 0 Å². The van der Waals surface area contributed by atoms with Gasteiger partial charge in [-0.1, -0.05) is 6.92 Å². The summed E-state index contributed by atoms with van der Waals surface area (Å²) in [6, 6.07) is 8.58. The number of hydrogen-bond donors (Lipinski definition) is 2. The maximum atomic E-state index is 5.64. The highest BCUT2D eigenvalue weighted by molar-refractivity contribution is 7.12. The molecular weight excluding hydrogens is 230 g/mol. The molecule has 3 N–H and O–H groups in total. The smallest absolute Gasteiger partial charge is 0.0593 e. The fourth-order valence-corrected chi connectivity index (χ4v) is 2.78. The van der Waals surface area contributed by atoms with Crippen molar-refractivity contribution < 1.29 is 0 Å². The second-order valence-corrected chi connectivity index (χ2v) is 5.14. The molecule has 1 unspecified atom stereocenters. The molecule has 0 radical (unpaired) electrons. The third-order valence-electron chi connectivity index (χ3n) is 2.76. The summed E-state index contributed by atoms with van der Waals surface area (Å²) in [5.41, 5.74) is 4.14. The van der Waals surface area contributed by atoms with E-state index in [-0.39, 0.29) is 6.04 Å². The lowest BCUT2D eigenvalue weighted by molar-refractivity contribution is 0.560. The minimum absolute atomic E-state index is 0.183. The molecule has 1 atom stereocenters. The number of aromatic nitrogens is 1. The number of nitrogens with zero attached hydrogens (tertiary/aromatic N) is 1. The third-order valence-corrected chi connectivity index (χ3v) is 4.11. The topological polar surface area (TPSA) is 50.9 Å². The van der Waals surface area contributed by atoms with E-state index >= 15 is 0 Å². The lowest BCUT2D eigenvalue weighted by atomic mass is 10.1. The summed E-state index contributed by atoms with van der Waals surface area (Å²) in [5, 5.41) is 0. The Kier molecular flexibility index (Phi) is 4.25. The molecule has 0 fully saturated rings. The summed E-state index contributed by atoms with van der Waals surface area (Å²) in [4.78, 5) is 6.71. The molecule has 0 spiro atoms. The summed E-state index contributed by atoms with van der Waals surface area (Å²) in [7, 11) is 0. The summed E-state index contributed by atoms with van der Waals surface area (Å²) in [6.45, 7) is 2.17. The van der Waals surface area contributed by atoms with Crippen LogP contribution in [-0.2, 0) is 12.8 Å². The van der Waals surface area contributed by atoms with Gasteiger partial charge in [0.05, 0.1) is 6.04 Å². The Bertz CT molecular complexity index is 453. The number of hydrogen-bond acceptors (Lipinski definition) is 4. The number of nitrogens with one attached hydrogen (secondary N) is 1. The van der Waals surface area contributed by atoms with Gasteiger partial charge in [-0.15, -0.1) is 11.3 Å². The summed E-state index contributed by atoms with van der Waals surface area (Å²) >= 11 is 1.83. The van der Waals surface area contributed by atoms with E-state index in [1.165, 1.54) is 15.3 Å². The van der Waals surface area contributed by atoms with Gasteiger partial charge in [-0.3, -0.25) is 16.3 Å². The number of thiophene rings is 1. The zero-order chi connectivity index (χ0) is 12.1. The first-order valence-corrected chi connectivity index (χ1v) is 6.58. The largest absolute Gasteiger partial charge is 0.271 e. The molecule has 0 bridgehead atoms. The third kappa shape index (κ3) is 3.12. The molecule has 0 saturated carbocycles. The fraction of sp³-hybridized carbons (Fsp3) is 0.308. The number of pyridine rings is 1. The molecule has 2 heterocycles. The molecule has 0 amide bonds. The molecular formula is C13H17N3S. The first-order valence-electron chi connectivity index (χ1n) is 5.77. The van der Waals surface area contributed by atoms with Crippen LogP contribution in [0.25, 0.3) is 0 Å². The first-order chi connectivity index (χ1) is 8.33. The molecule has 3 nitrogen and oxygen atoms in total. The first kappa shape index (κ1) is 12.2. The minimum Gasteiger partial charge on any atom is -0.271 e. The molecule has 17 heavy (non-hydrogen) atoms. The maximum Gasteiger partial charge on any atom is 0.0593 e. The van der Waals surface area contributed by atoms with Gasteiger partial charge in [0.1, 0.15) is 0 Å². The molecule has 2 rings (SSSR count). The van der Waals surface area contributed by atoms with Gasteiger partial charge >= 0.3 is 0 Å². The summed E-state index contributed by atoms with van der Waals surface area (Å²) in [5.74, 6) is 5.64. The molecule has 0 aromatic carbocycles. The highest BCUT2D eigenvalue weighted by atomic mass is 32.1. The van der Waals surface area contributed by atoms with Gasteiger partial charge in [-0.05, 0) is 42.7 Å². The van der Waals surface area contributed by atoms with Crippen LogP contribution in [0.3, 0.4) is 0 Å². The average Bonchev–Trinajstić information content (AvgIpc) is 2.86. The van der Waals surface area contributed by atoms with Crippen LogP contribution in [-0.4, -0.2) is 4.98 Å². The van der Waals surface area contributed by atoms with Crippen molar-refractivity contribution in [2.24, 2.45) is 5.84 Å².